The molecule has 2 rings (SSSR count). The fourth-order valence-electron chi connectivity index (χ4n) is 2.22. The monoisotopic (exact) mass is 317 g/mol. The number of nitrogens with one attached hydrogen (secondary N) is 2. The van der Waals surface area contributed by atoms with Crippen molar-refractivity contribution in [2.75, 3.05) is 33.4 Å². The SMILES string of the molecule is CN=C(NCCCF)NCCCOc1ccc2ccccc2c1. The Kier molecular flexibility index (Phi) is 7.17. The molecule has 0 aliphatic rings. The van der Waals surface area contributed by atoms with Crippen LogP contribution in [0.5, 0.6) is 5.75 Å². The van der Waals surface area contributed by atoms with Gasteiger partial charge in [0.15, 0.2) is 5.96 Å². The van der Waals surface area contributed by atoms with E-state index >= 15 is 0 Å². The number of hydrogen-bond donors (Lipinski definition) is 2. The van der Waals surface area contributed by atoms with Crippen LogP contribution in [0.25, 0.3) is 10.8 Å². The van der Waals surface area contributed by atoms with E-state index in [1.165, 1.54) is 10.8 Å². The minimum absolute atomic E-state index is 0.316. The number of halogens is 1. The third-order valence-electron chi connectivity index (χ3n) is 3.43. The topological polar surface area (TPSA) is 45.7 Å². The second kappa shape index (κ2) is 9.66. The van der Waals surface area contributed by atoms with E-state index in [1.807, 2.05) is 18.2 Å². The third-order valence-corrected chi connectivity index (χ3v) is 3.43. The number of aliphatic imine (C=N–C) groups is 1. The van der Waals surface area contributed by atoms with E-state index in [4.69, 9.17) is 4.74 Å². The molecule has 0 aliphatic heterocycles. The Bertz CT molecular complexity index is 630. The Morgan fingerprint density at radius 2 is 1.78 bits per heavy atom. The van der Waals surface area contributed by atoms with Gasteiger partial charge in [0.2, 0.25) is 0 Å². The van der Waals surface area contributed by atoms with Gasteiger partial charge in [0.1, 0.15) is 5.75 Å². The Balaban J connectivity index is 1.68. The Labute approximate surface area is 136 Å². The number of benzene rings is 2. The first-order valence-corrected chi connectivity index (χ1v) is 7.95. The number of fused-ring (bicyclic) bond motifs is 1. The van der Waals surface area contributed by atoms with Gasteiger partial charge < -0.3 is 15.4 Å². The van der Waals surface area contributed by atoms with Crippen LogP contribution in [0.2, 0.25) is 0 Å². The minimum atomic E-state index is -0.316. The highest BCUT2D eigenvalue weighted by Gasteiger charge is 1.99. The first-order valence-electron chi connectivity index (χ1n) is 7.95. The van der Waals surface area contributed by atoms with E-state index in [2.05, 4.69) is 39.9 Å². The number of ether oxygens (including phenoxy) is 1. The van der Waals surface area contributed by atoms with Crippen LogP contribution < -0.4 is 15.4 Å². The van der Waals surface area contributed by atoms with Gasteiger partial charge in [-0.3, -0.25) is 9.38 Å². The van der Waals surface area contributed by atoms with Crippen LogP contribution in [0.1, 0.15) is 12.8 Å². The summed E-state index contributed by atoms with van der Waals surface area (Å²) >= 11 is 0. The lowest BCUT2D eigenvalue weighted by atomic mass is 10.1. The number of hydrogen-bond acceptors (Lipinski definition) is 2. The molecule has 4 nitrogen and oxygen atoms in total. The van der Waals surface area contributed by atoms with E-state index in [0.29, 0.717) is 25.5 Å². The van der Waals surface area contributed by atoms with Crippen molar-refractivity contribution in [3.8, 4) is 5.75 Å². The second-order valence-electron chi connectivity index (χ2n) is 5.18. The fourth-order valence-corrected chi connectivity index (χ4v) is 2.22. The third kappa shape index (κ3) is 5.77. The van der Waals surface area contributed by atoms with Crippen LogP contribution in [0.15, 0.2) is 47.5 Å². The lowest BCUT2D eigenvalue weighted by molar-refractivity contribution is 0.311. The maximum Gasteiger partial charge on any atom is 0.190 e. The highest BCUT2D eigenvalue weighted by molar-refractivity contribution is 5.83. The number of guanidine groups is 1. The van der Waals surface area contributed by atoms with Crippen LogP contribution in [0.3, 0.4) is 0 Å². The zero-order chi connectivity index (χ0) is 16.3. The van der Waals surface area contributed by atoms with Gasteiger partial charge in [-0.15, -0.1) is 0 Å². The van der Waals surface area contributed by atoms with E-state index in [0.717, 1.165) is 18.7 Å². The lowest BCUT2D eigenvalue weighted by Crippen LogP contribution is -2.38. The quantitative estimate of drug-likeness (QED) is 0.447. The second-order valence-corrected chi connectivity index (χ2v) is 5.18. The first-order chi connectivity index (χ1) is 11.3. The maximum absolute atomic E-state index is 12.0. The lowest BCUT2D eigenvalue weighted by Gasteiger charge is -2.12. The molecule has 0 heterocycles. The molecule has 23 heavy (non-hydrogen) atoms. The first kappa shape index (κ1) is 17.1. The Morgan fingerprint density at radius 3 is 2.52 bits per heavy atom. The zero-order valence-electron chi connectivity index (χ0n) is 13.5. The highest BCUT2D eigenvalue weighted by atomic mass is 19.1. The molecule has 0 atom stereocenters. The van der Waals surface area contributed by atoms with Crippen molar-refractivity contribution in [1.29, 1.82) is 0 Å². The van der Waals surface area contributed by atoms with Gasteiger partial charge in [-0.25, -0.2) is 0 Å². The van der Waals surface area contributed by atoms with Gasteiger partial charge in [0.25, 0.3) is 0 Å². The average molecular weight is 317 g/mol. The van der Waals surface area contributed by atoms with E-state index < -0.39 is 0 Å². The van der Waals surface area contributed by atoms with Crippen molar-refractivity contribution in [2.24, 2.45) is 4.99 Å². The van der Waals surface area contributed by atoms with E-state index in [1.54, 1.807) is 7.05 Å². The molecule has 0 saturated carbocycles. The van der Waals surface area contributed by atoms with Gasteiger partial charge in [0.05, 0.1) is 13.3 Å². The van der Waals surface area contributed by atoms with Crippen LogP contribution in [-0.2, 0) is 0 Å². The van der Waals surface area contributed by atoms with Gasteiger partial charge in [-0.1, -0.05) is 30.3 Å². The zero-order valence-corrected chi connectivity index (χ0v) is 13.5. The van der Waals surface area contributed by atoms with Crippen LogP contribution in [0.4, 0.5) is 4.39 Å². The van der Waals surface area contributed by atoms with Crippen LogP contribution >= 0.6 is 0 Å². The molecular formula is C18H24FN3O. The molecule has 0 radical (unpaired) electrons. The average Bonchev–Trinajstić information content (AvgIpc) is 2.60. The smallest absolute Gasteiger partial charge is 0.190 e. The molecule has 0 aromatic heterocycles. The van der Waals surface area contributed by atoms with Crippen molar-refractivity contribution in [1.82, 2.24) is 10.6 Å². The van der Waals surface area contributed by atoms with Gasteiger partial charge in [-0.2, -0.15) is 0 Å². The number of alkyl halides is 1. The molecule has 2 aromatic carbocycles. The largest absolute Gasteiger partial charge is 0.494 e. The molecular weight excluding hydrogens is 293 g/mol. The standard InChI is InChI=1S/C18H24FN3O/c1-20-18(21-11-4-10-19)22-12-5-13-23-17-9-8-15-6-2-3-7-16(15)14-17/h2-3,6-9,14H,4-5,10-13H2,1H3,(H2,20,21,22). The van der Waals surface area contributed by atoms with E-state index in [9.17, 15) is 4.39 Å². The van der Waals surface area contributed by atoms with Crippen LogP contribution in [0, 0.1) is 0 Å². The summed E-state index contributed by atoms with van der Waals surface area (Å²) in [7, 11) is 1.70. The summed E-state index contributed by atoms with van der Waals surface area (Å²) in [6.45, 7) is 1.66. The summed E-state index contributed by atoms with van der Waals surface area (Å²) in [5, 5.41) is 8.63. The van der Waals surface area contributed by atoms with Crippen molar-refractivity contribution >= 4 is 16.7 Å². The molecule has 0 unspecified atom stereocenters. The summed E-state index contributed by atoms with van der Waals surface area (Å²) in [4.78, 5) is 4.08. The summed E-state index contributed by atoms with van der Waals surface area (Å²) in [5.74, 6) is 1.58. The molecule has 5 heteroatoms. The molecule has 0 aliphatic carbocycles. The molecule has 0 fully saturated rings. The summed E-state index contributed by atoms with van der Waals surface area (Å²) < 4.78 is 17.8. The van der Waals surface area contributed by atoms with Gasteiger partial charge >= 0.3 is 0 Å². The molecule has 0 bridgehead atoms. The molecule has 0 saturated heterocycles. The normalized spacial score (nSPS) is 11.5. The maximum atomic E-state index is 12.0. The van der Waals surface area contributed by atoms with Crippen molar-refractivity contribution < 1.29 is 9.13 Å². The van der Waals surface area contributed by atoms with Crippen molar-refractivity contribution in [3.63, 3.8) is 0 Å². The molecule has 2 N–H and O–H groups in total. The number of nitrogens with zero attached hydrogens (tertiary/aromatic N) is 1. The highest BCUT2D eigenvalue weighted by Crippen LogP contribution is 2.20. The van der Waals surface area contributed by atoms with Crippen molar-refractivity contribution in [3.05, 3.63) is 42.5 Å². The number of rotatable bonds is 8. The summed E-state index contributed by atoms with van der Waals surface area (Å²) in [6.07, 6.45) is 1.35. The predicted octanol–water partition coefficient (Wildman–Crippen LogP) is 3.13. The van der Waals surface area contributed by atoms with Crippen molar-refractivity contribution in [2.45, 2.75) is 12.8 Å². The van der Waals surface area contributed by atoms with Crippen LogP contribution in [-0.4, -0.2) is 39.4 Å². The predicted molar refractivity (Wildman–Crippen MR) is 94.0 cm³/mol. The summed E-state index contributed by atoms with van der Waals surface area (Å²) in [6, 6.07) is 14.3. The molecule has 124 valence electrons. The molecule has 2 aromatic rings. The van der Waals surface area contributed by atoms with E-state index in [-0.39, 0.29) is 6.67 Å². The summed E-state index contributed by atoms with van der Waals surface area (Å²) in [5.41, 5.74) is 0. The molecule has 0 amide bonds. The van der Waals surface area contributed by atoms with Gasteiger partial charge in [-0.05, 0) is 35.7 Å². The van der Waals surface area contributed by atoms with Gasteiger partial charge in [0, 0.05) is 20.1 Å². The molecule has 0 spiro atoms. The Morgan fingerprint density at radius 1 is 1.04 bits per heavy atom. The minimum Gasteiger partial charge on any atom is -0.494 e. The Hall–Kier alpha value is -2.30. The fraction of sp³-hybridized carbons (Fsp3) is 0.389.